The fourth-order valence-electron chi connectivity index (χ4n) is 2.15. The molecule has 1 aliphatic carbocycles. The van der Waals surface area contributed by atoms with Gasteiger partial charge < -0.3 is 10.4 Å². The molecule has 90 valence electrons. The van der Waals surface area contributed by atoms with Crippen LogP contribution in [0, 0.1) is 16.7 Å². The maximum absolute atomic E-state index is 8.96. The highest BCUT2D eigenvalue weighted by atomic mass is 16.3. The standard InChI is InChI=1S/C14H18N2O/c15-9-12-2-1-3-13(8-12)10-16-11-14(4-5-14)6-7-17/h1-3,8,16-17H,4-7,10-11H2. The quantitative estimate of drug-likeness (QED) is 0.783. The van der Waals surface area contributed by atoms with E-state index in [2.05, 4.69) is 11.4 Å². The van der Waals surface area contributed by atoms with Crippen LogP contribution in [0.2, 0.25) is 0 Å². The summed E-state index contributed by atoms with van der Waals surface area (Å²) in [5, 5.41) is 21.2. The minimum absolute atomic E-state index is 0.283. The van der Waals surface area contributed by atoms with E-state index in [1.807, 2.05) is 24.3 Å². The van der Waals surface area contributed by atoms with E-state index in [1.165, 1.54) is 12.8 Å². The Labute approximate surface area is 102 Å². The predicted octanol–water partition coefficient (Wildman–Crippen LogP) is 1.81. The molecule has 1 saturated carbocycles. The normalized spacial score (nSPS) is 16.5. The molecular weight excluding hydrogens is 212 g/mol. The van der Waals surface area contributed by atoms with Gasteiger partial charge in [-0.05, 0) is 42.4 Å². The van der Waals surface area contributed by atoms with E-state index in [9.17, 15) is 0 Å². The van der Waals surface area contributed by atoms with Crippen LogP contribution < -0.4 is 5.32 Å². The summed E-state index contributed by atoms with van der Waals surface area (Å²) in [6, 6.07) is 9.82. The first-order chi connectivity index (χ1) is 8.28. The Hall–Kier alpha value is -1.37. The molecule has 0 radical (unpaired) electrons. The van der Waals surface area contributed by atoms with Gasteiger partial charge in [0.05, 0.1) is 11.6 Å². The van der Waals surface area contributed by atoms with Gasteiger partial charge in [0.15, 0.2) is 0 Å². The average Bonchev–Trinajstić information content (AvgIpc) is 3.10. The second-order valence-corrected chi connectivity index (χ2v) is 4.89. The molecule has 0 bridgehead atoms. The van der Waals surface area contributed by atoms with Crippen LogP contribution in [0.1, 0.15) is 30.4 Å². The third kappa shape index (κ3) is 3.29. The van der Waals surface area contributed by atoms with Gasteiger partial charge in [-0.15, -0.1) is 0 Å². The summed E-state index contributed by atoms with van der Waals surface area (Å²) in [6.07, 6.45) is 3.34. The Morgan fingerprint density at radius 2 is 2.24 bits per heavy atom. The largest absolute Gasteiger partial charge is 0.396 e. The lowest BCUT2D eigenvalue weighted by Gasteiger charge is -2.14. The number of nitrogens with zero attached hydrogens (tertiary/aromatic N) is 1. The zero-order valence-corrected chi connectivity index (χ0v) is 9.95. The summed E-state index contributed by atoms with van der Waals surface area (Å²) in [6.45, 7) is 2.04. The minimum atomic E-state index is 0.283. The molecular formula is C14H18N2O. The van der Waals surface area contributed by atoms with Crippen molar-refractivity contribution in [3.63, 3.8) is 0 Å². The van der Waals surface area contributed by atoms with Gasteiger partial charge in [-0.2, -0.15) is 5.26 Å². The van der Waals surface area contributed by atoms with E-state index in [0.717, 1.165) is 25.1 Å². The van der Waals surface area contributed by atoms with E-state index in [4.69, 9.17) is 10.4 Å². The maximum Gasteiger partial charge on any atom is 0.0991 e. The zero-order chi connectivity index (χ0) is 12.1. The number of nitriles is 1. The molecule has 0 saturated heterocycles. The minimum Gasteiger partial charge on any atom is -0.396 e. The summed E-state index contributed by atoms with van der Waals surface area (Å²) in [5.41, 5.74) is 2.20. The van der Waals surface area contributed by atoms with E-state index in [-0.39, 0.29) is 6.61 Å². The smallest absolute Gasteiger partial charge is 0.0991 e. The van der Waals surface area contributed by atoms with Crippen LogP contribution in [0.5, 0.6) is 0 Å². The molecule has 1 aliphatic rings. The van der Waals surface area contributed by atoms with Crippen LogP contribution in [0.4, 0.5) is 0 Å². The molecule has 0 heterocycles. The topological polar surface area (TPSA) is 56.0 Å². The summed E-state index contributed by atoms with van der Waals surface area (Å²) in [7, 11) is 0. The van der Waals surface area contributed by atoms with Gasteiger partial charge in [-0.25, -0.2) is 0 Å². The Morgan fingerprint density at radius 3 is 2.88 bits per heavy atom. The maximum atomic E-state index is 8.96. The fraction of sp³-hybridized carbons (Fsp3) is 0.500. The predicted molar refractivity (Wildman–Crippen MR) is 66.2 cm³/mol. The second kappa shape index (κ2) is 5.31. The molecule has 2 rings (SSSR count). The van der Waals surface area contributed by atoms with Gasteiger partial charge >= 0.3 is 0 Å². The first-order valence-corrected chi connectivity index (χ1v) is 6.09. The Bertz CT molecular complexity index is 418. The highest BCUT2D eigenvalue weighted by Crippen LogP contribution is 2.47. The third-order valence-electron chi connectivity index (χ3n) is 3.48. The lowest BCUT2D eigenvalue weighted by atomic mass is 10.0. The van der Waals surface area contributed by atoms with Gasteiger partial charge in [-0.1, -0.05) is 12.1 Å². The van der Waals surface area contributed by atoms with Crippen molar-refractivity contribution < 1.29 is 5.11 Å². The van der Waals surface area contributed by atoms with Gasteiger partial charge in [0, 0.05) is 19.7 Å². The van der Waals surface area contributed by atoms with Crippen LogP contribution in [-0.4, -0.2) is 18.3 Å². The van der Waals surface area contributed by atoms with Crippen LogP contribution in [0.3, 0.4) is 0 Å². The molecule has 1 aromatic carbocycles. The lowest BCUT2D eigenvalue weighted by Crippen LogP contribution is -2.24. The number of rotatable bonds is 6. The molecule has 0 amide bonds. The van der Waals surface area contributed by atoms with Gasteiger partial charge in [0.25, 0.3) is 0 Å². The Kier molecular flexibility index (Phi) is 3.78. The molecule has 0 unspecified atom stereocenters. The molecule has 0 aromatic heterocycles. The highest BCUT2D eigenvalue weighted by molar-refractivity contribution is 5.32. The number of nitrogens with one attached hydrogen (secondary N) is 1. The Morgan fingerprint density at radius 1 is 1.41 bits per heavy atom. The molecule has 3 nitrogen and oxygen atoms in total. The molecule has 17 heavy (non-hydrogen) atoms. The van der Waals surface area contributed by atoms with Gasteiger partial charge in [-0.3, -0.25) is 0 Å². The molecule has 0 aliphatic heterocycles. The molecule has 2 N–H and O–H groups in total. The summed E-state index contributed by atoms with van der Waals surface area (Å²) in [4.78, 5) is 0. The number of benzene rings is 1. The number of aliphatic hydroxyl groups excluding tert-OH is 1. The molecule has 3 heteroatoms. The number of aliphatic hydroxyl groups is 1. The van der Waals surface area contributed by atoms with Gasteiger partial charge in [0.1, 0.15) is 0 Å². The molecule has 1 aromatic rings. The van der Waals surface area contributed by atoms with Crippen molar-refractivity contribution in [3.8, 4) is 6.07 Å². The molecule has 0 spiro atoms. The third-order valence-corrected chi connectivity index (χ3v) is 3.48. The van der Waals surface area contributed by atoms with Crippen molar-refractivity contribution in [1.29, 1.82) is 5.26 Å². The van der Waals surface area contributed by atoms with Crippen LogP contribution >= 0.6 is 0 Å². The van der Waals surface area contributed by atoms with E-state index in [0.29, 0.717) is 11.0 Å². The summed E-state index contributed by atoms with van der Waals surface area (Å²) >= 11 is 0. The summed E-state index contributed by atoms with van der Waals surface area (Å²) < 4.78 is 0. The van der Waals surface area contributed by atoms with Crippen LogP contribution in [-0.2, 0) is 6.54 Å². The number of hydrogen-bond donors (Lipinski definition) is 2. The van der Waals surface area contributed by atoms with Gasteiger partial charge in [0.2, 0.25) is 0 Å². The van der Waals surface area contributed by atoms with E-state index >= 15 is 0 Å². The highest BCUT2D eigenvalue weighted by Gasteiger charge is 2.41. The van der Waals surface area contributed by atoms with E-state index < -0.39 is 0 Å². The Balaban J connectivity index is 1.80. The van der Waals surface area contributed by atoms with Crippen molar-refractivity contribution in [2.24, 2.45) is 5.41 Å². The molecule has 1 fully saturated rings. The van der Waals surface area contributed by atoms with Crippen LogP contribution in [0.25, 0.3) is 0 Å². The first kappa shape index (κ1) is 12.1. The SMILES string of the molecule is N#Cc1cccc(CNCC2(CCO)CC2)c1. The van der Waals surface area contributed by atoms with Crippen molar-refractivity contribution in [2.45, 2.75) is 25.8 Å². The zero-order valence-electron chi connectivity index (χ0n) is 9.95. The van der Waals surface area contributed by atoms with Crippen molar-refractivity contribution in [3.05, 3.63) is 35.4 Å². The van der Waals surface area contributed by atoms with Crippen molar-refractivity contribution >= 4 is 0 Å². The fourth-order valence-corrected chi connectivity index (χ4v) is 2.15. The van der Waals surface area contributed by atoms with Crippen molar-refractivity contribution in [2.75, 3.05) is 13.2 Å². The number of hydrogen-bond acceptors (Lipinski definition) is 3. The average molecular weight is 230 g/mol. The first-order valence-electron chi connectivity index (χ1n) is 6.09. The van der Waals surface area contributed by atoms with E-state index in [1.54, 1.807) is 0 Å². The molecule has 0 atom stereocenters. The van der Waals surface area contributed by atoms with Crippen LogP contribution in [0.15, 0.2) is 24.3 Å². The second-order valence-electron chi connectivity index (χ2n) is 4.89. The monoisotopic (exact) mass is 230 g/mol. The lowest BCUT2D eigenvalue weighted by molar-refractivity contribution is 0.245. The summed E-state index contributed by atoms with van der Waals surface area (Å²) in [5.74, 6) is 0. The van der Waals surface area contributed by atoms with Crippen molar-refractivity contribution in [1.82, 2.24) is 5.32 Å².